The molecule has 4 aromatic rings. The van der Waals surface area contributed by atoms with E-state index in [0.717, 1.165) is 28.9 Å². The van der Waals surface area contributed by atoms with E-state index in [0.29, 0.717) is 35.0 Å². The van der Waals surface area contributed by atoms with Crippen LogP contribution in [0.2, 0.25) is 0 Å². The first-order valence-electron chi connectivity index (χ1n) is 11.7. The van der Waals surface area contributed by atoms with Crippen LogP contribution < -0.4 is 22.0 Å². The van der Waals surface area contributed by atoms with Crippen LogP contribution >= 0.6 is 11.3 Å². The molecule has 0 atom stereocenters. The largest absolute Gasteiger partial charge is 1.00 e. The van der Waals surface area contributed by atoms with Crippen molar-refractivity contribution in [3.8, 4) is 5.75 Å². The Morgan fingerprint density at radius 1 is 0.861 bits per heavy atom. The molecule has 36 heavy (non-hydrogen) atoms. The van der Waals surface area contributed by atoms with E-state index in [1.54, 1.807) is 41.3 Å². The molecule has 0 saturated heterocycles. The number of rotatable bonds is 10. The van der Waals surface area contributed by atoms with Gasteiger partial charge in [-0.1, -0.05) is 59.9 Å². The maximum absolute atomic E-state index is 13.6. The zero-order valence-corrected chi connectivity index (χ0v) is 22.2. The summed E-state index contributed by atoms with van der Waals surface area (Å²) in [4.78, 5) is 35.0. The predicted octanol–water partition coefficient (Wildman–Crippen LogP) is 2.53. The SMILES string of the molecule is CCOc1cccc2sc(N(CCCN(C)C)C(=O)c3ccc(C(=O)c4ccccc4)cc3)nc12.[Cl-]. The molecule has 4 rings (SSSR count). The van der Waals surface area contributed by atoms with Gasteiger partial charge < -0.3 is 22.0 Å². The third-order valence-corrected chi connectivity index (χ3v) is 6.61. The third kappa shape index (κ3) is 6.29. The number of hydrogen-bond donors (Lipinski definition) is 0. The zero-order valence-electron chi connectivity index (χ0n) is 20.6. The van der Waals surface area contributed by atoms with Gasteiger partial charge in [0.25, 0.3) is 5.91 Å². The zero-order chi connectivity index (χ0) is 24.8. The lowest BCUT2D eigenvalue weighted by Crippen LogP contribution is -3.00. The van der Waals surface area contributed by atoms with Gasteiger partial charge in [-0.3, -0.25) is 14.5 Å². The van der Waals surface area contributed by atoms with E-state index in [9.17, 15) is 9.59 Å². The molecule has 0 spiro atoms. The second kappa shape index (κ2) is 12.6. The number of benzene rings is 3. The quantitative estimate of drug-likeness (QED) is 0.300. The van der Waals surface area contributed by atoms with Crippen molar-refractivity contribution in [2.75, 3.05) is 38.7 Å². The van der Waals surface area contributed by atoms with Gasteiger partial charge in [0.15, 0.2) is 10.9 Å². The number of fused-ring (bicyclic) bond motifs is 1. The summed E-state index contributed by atoms with van der Waals surface area (Å²) in [7, 11) is 4.03. The molecule has 0 bridgehead atoms. The fourth-order valence-corrected chi connectivity index (χ4v) is 4.81. The Bertz CT molecular complexity index is 1310. The molecule has 3 aromatic carbocycles. The molecule has 0 fully saturated rings. The summed E-state index contributed by atoms with van der Waals surface area (Å²) < 4.78 is 6.72. The average molecular weight is 523 g/mol. The number of para-hydroxylation sites is 1. The van der Waals surface area contributed by atoms with Crippen LogP contribution in [0, 0.1) is 0 Å². The van der Waals surface area contributed by atoms with E-state index in [1.165, 1.54) is 11.3 Å². The first kappa shape index (κ1) is 27.3. The summed E-state index contributed by atoms with van der Waals surface area (Å²) in [6, 6.07) is 21.8. The maximum atomic E-state index is 13.6. The highest BCUT2D eigenvalue weighted by atomic mass is 35.5. The number of aromatic nitrogens is 1. The number of thiazole rings is 1. The van der Waals surface area contributed by atoms with Crippen molar-refractivity contribution in [3.63, 3.8) is 0 Å². The molecule has 8 heteroatoms. The summed E-state index contributed by atoms with van der Waals surface area (Å²) >= 11 is 1.48. The van der Waals surface area contributed by atoms with E-state index >= 15 is 0 Å². The number of anilines is 1. The van der Waals surface area contributed by atoms with Gasteiger partial charge >= 0.3 is 0 Å². The summed E-state index contributed by atoms with van der Waals surface area (Å²) in [5, 5.41) is 0.639. The molecule has 1 amide bonds. The van der Waals surface area contributed by atoms with Crippen molar-refractivity contribution in [1.29, 1.82) is 0 Å². The van der Waals surface area contributed by atoms with Crippen molar-refractivity contribution in [1.82, 2.24) is 9.88 Å². The highest BCUT2D eigenvalue weighted by molar-refractivity contribution is 7.22. The predicted molar refractivity (Wildman–Crippen MR) is 142 cm³/mol. The van der Waals surface area contributed by atoms with Gasteiger partial charge in [-0.15, -0.1) is 0 Å². The Morgan fingerprint density at radius 2 is 1.53 bits per heavy atom. The summed E-state index contributed by atoms with van der Waals surface area (Å²) in [5.41, 5.74) is 2.46. The number of ketones is 1. The summed E-state index contributed by atoms with van der Waals surface area (Å²) in [5.74, 6) is 0.513. The highest BCUT2D eigenvalue weighted by Crippen LogP contribution is 2.35. The number of halogens is 1. The van der Waals surface area contributed by atoms with Crippen molar-refractivity contribution in [2.45, 2.75) is 13.3 Å². The lowest BCUT2D eigenvalue weighted by atomic mass is 10.0. The lowest BCUT2D eigenvalue weighted by molar-refractivity contribution is -0.0000222. The number of ether oxygens (including phenoxy) is 1. The lowest BCUT2D eigenvalue weighted by Gasteiger charge is -2.21. The topological polar surface area (TPSA) is 62.7 Å². The molecule has 0 aliphatic heterocycles. The molecule has 0 aliphatic rings. The minimum absolute atomic E-state index is 0. The number of nitrogens with zero attached hydrogens (tertiary/aromatic N) is 3. The van der Waals surface area contributed by atoms with Crippen LogP contribution in [0.3, 0.4) is 0 Å². The van der Waals surface area contributed by atoms with Crippen molar-refractivity contribution in [2.24, 2.45) is 0 Å². The van der Waals surface area contributed by atoms with Crippen LogP contribution in [0.15, 0.2) is 72.8 Å². The normalized spacial score (nSPS) is 10.8. The molecule has 0 aliphatic carbocycles. The van der Waals surface area contributed by atoms with Gasteiger partial charge in [0.1, 0.15) is 11.3 Å². The fourth-order valence-electron chi connectivity index (χ4n) is 3.80. The Morgan fingerprint density at radius 3 is 2.19 bits per heavy atom. The molecule has 0 N–H and O–H groups in total. The molecule has 0 saturated carbocycles. The van der Waals surface area contributed by atoms with Crippen molar-refractivity contribution >= 4 is 38.4 Å². The van der Waals surface area contributed by atoms with Crippen LogP contribution in [0.1, 0.15) is 39.6 Å². The second-order valence-corrected chi connectivity index (χ2v) is 9.43. The van der Waals surface area contributed by atoms with Gasteiger partial charge in [-0.05, 0) is 58.3 Å². The average Bonchev–Trinajstić information content (AvgIpc) is 3.31. The van der Waals surface area contributed by atoms with Crippen molar-refractivity contribution < 1.29 is 26.7 Å². The van der Waals surface area contributed by atoms with E-state index < -0.39 is 0 Å². The molecular formula is C28H29ClN3O3S-. The van der Waals surface area contributed by atoms with E-state index in [2.05, 4.69) is 4.90 Å². The summed E-state index contributed by atoms with van der Waals surface area (Å²) in [6.07, 6.45) is 0.803. The van der Waals surface area contributed by atoms with Gasteiger partial charge in [0, 0.05) is 23.2 Å². The number of amides is 1. The Balaban J connectivity index is 0.00000361. The second-order valence-electron chi connectivity index (χ2n) is 8.42. The maximum Gasteiger partial charge on any atom is 0.260 e. The minimum atomic E-state index is -0.139. The summed E-state index contributed by atoms with van der Waals surface area (Å²) in [6.45, 7) is 3.87. The fraction of sp³-hybridized carbons (Fsp3) is 0.250. The molecule has 1 heterocycles. The first-order chi connectivity index (χ1) is 17.0. The monoisotopic (exact) mass is 522 g/mol. The first-order valence-corrected chi connectivity index (χ1v) is 12.5. The smallest absolute Gasteiger partial charge is 0.260 e. The number of hydrogen-bond acceptors (Lipinski definition) is 6. The third-order valence-electron chi connectivity index (χ3n) is 5.56. The standard InChI is InChI=1S/C28H29N3O3S.ClH/c1-4-34-23-12-8-13-24-25(23)29-28(35-24)31(19-9-18-30(2)3)27(33)22-16-14-21(15-17-22)26(32)20-10-6-5-7-11-20;/h5-8,10-17H,4,9,18-19H2,1-3H3;1H/p-1. The van der Waals surface area contributed by atoms with Crippen LogP contribution in [0.25, 0.3) is 10.2 Å². The van der Waals surface area contributed by atoms with Gasteiger partial charge in [0.05, 0.1) is 11.3 Å². The van der Waals surface area contributed by atoms with Crippen LogP contribution in [-0.2, 0) is 0 Å². The molecule has 188 valence electrons. The van der Waals surface area contributed by atoms with Gasteiger partial charge in [-0.2, -0.15) is 0 Å². The Labute approximate surface area is 221 Å². The van der Waals surface area contributed by atoms with Crippen LogP contribution in [-0.4, -0.2) is 55.4 Å². The molecule has 1 aromatic heterocycles. The van der Waals surface area contributed by atoms with Crippen LogP contribution in [0.4, 0.5) is 5.13 Å². The number of carbonyl (C=O) groups is 2. The Kier molecular flexibility index (Phi) is 9.58. The molecule has 6 nitrogen and oxygen atoms in total. The Hall–Kier alpha value is -3.26. The highest BCUT2D eigenvalue weighted by Gasteiger charge is 2.22. The van der Waals surface area contributed by atoms with E-state index in [4.69, 9.17) is 9.72 Å². The minimum Gasteiger partial charge on any atom is -1.00 e. The number of carbonyl (C=O) groups excluding carboxylic acids is 2. The molecule has 0 unspecified atom stereocenters. The molecular weight excluding hydrogens is 494 g/mol. The molecule has 0 radical (unpaired) electrons. The van der Waals surface area contributed by atoms with Crippen molar-refractivity contribution in [3.05, 3.63) is 89.5 Å². The van der Waals surface area contributed by atoms with Crippen LogP contribution in [0.5, 0.6) is 5.75 Å². The van der Waals surface area contributed by atoms with Gasteiger partial charge in [0.2, 0.25) is 0 Å². The van der Waals surface area contributed by atoms with Gasteiger partial charge in [-0.25, -0.2) is 4.98 Å². The van der Waals surface area contributed by atoms with E-state index in [1.807, 2.05) is 57.4 Å². The van der Waals surface area contributed by atoms with E-state index in [-0.39, 0.29) is 24.1 Å².